The number of hydrogen-bond acceptors (Lipinski definition) is 6. The molecule has 0 bridgehead atoms. The molecule has 1 N–H and O–H groups in total. The van der Waals surface area contributed by atoms with Crippen molar-refractivity contribution >= 4 is 22.7 Å². The zero-order valence-electron chi connectivity index (χ0n) is 21.6. The van der Waals surface area contributed by atoms with Crippen LogP contribution in [-0.4, -0.2) is 67.9 Å². The molecular formula is C28H41FN4O3. The maximum Gasteiger partial charge on any atom is 0.220 e. The predicted octanol–water partition coefficient (Wildman–Crippen LogP) is 4.75. The van der Waals surface area contributed by atoms with Gasteiger partial charge in [0.15, 0.2) is 11.4 Å². The third-order valence-electron chi connectivity index (χ3n) is 8.75. The van der Waals surface area contributed by atoms with E-state index in [1.807, 2.05) is 0 Å². The van der Waals surface area contributed by atoms with Crippen LogP contribution in [0.1, 0.15) is 64.2 Å². The molecule has 0 radical (unpaired) electrons. The Bertz CT molecular complexity index is 990. The number of fused-ring (bicyclic) bond motifs is 1. The van der Waals surface area contributed by atoms with Crippen LogP contribution in [-0.2, 0) is 9.53 Å². The number of ether oxygens (including phenoxy) is 1. The number of methoxy groups -OCH3 is 1. The largest absolute Gasteiger partial charge is 0.381 e. The second-order valence-corrected chi connectivity index (χ2v) is 11.1. The maximum atomic E-state index is 13.7. The van der Waals surface area contributed by atoms with E-state index >= 15 is 0 Å². The molecule has 5 rings (SSSR count). The number of carbonyl (C=O) groups is 1. The molecule has 3 aliphatic rings. The van der Waals surface area contributed by atoms with Gasteiger partial charge in [-0.2, -0.15) is 0 Å². The van der Waals surface area contributed by atoms with Crippen molar-refractivity contribution in [1.82, 2.24) is 15.4 Å². The molecule has 2 saturated carbocycles. The minimum Gasteiger partial charge on any atom is -0.381 e. The summed E-state index contributed by atoms with van der Waals surface area (Å²) < 4.78 is 24.5. The molecule has 8 heteroatoms. The normalized spacial score (nSPS) is 27.9. The summed E-state index contributed by atoms with van der Waals surface area (Å²) in [5, 5.41) is 8.29. The van der Waals surface area contributed by atoms with Gasteiger partial charge in [-0.25, -0.2) is 4.39 Å². The zero-order valence-corrected chi connectivity index (χ0v) is 21.6. The molecule has 0 atom stereocenters. The van der Waals surface area contributed by atoms with E-state index in [0.717, 1.165) is 88.4 Å². The van der Waals surface area contributed by atoms with Crippen molar-refractivity contribution in [1.29, 1.82) is 0 Å². The van der Waals surface area contributed by atoms with Gasteiger partial charge in [0.1, 0.15) is 5.82 Å². The number of anilines is 1. The summed E-state index contributed by atoms with van der Waals surface area (Å²) in [5.41, 5.74) is 0.634. The minimum absolute atomic E-state index is 0.250. The molecule has 1 aromatic heterocycles. The average molecular weight is 501 g/mol. The molecule has 0 unspecified atom stereocenters. The standard InChI is InChI=1S/C28H41FN4O3/c1-35-24-9-4-21(5-10-24)18-27(34)30-23-7-2-20(3-8-23)12-13-32-14-16-33(17-15-32)28-25-19-22(29)6-11-26(25)36-31-28/h6,11,19-21,23-24H,2-5,7-10,12-18H2,1H3,(H,30,34)/t20-,21-,23-,24-. The number of benzene rings is 1. The summed E-state index contributed by atoms with van der Waals surface area (Å²) in [4.78, 5) is 17.3. The van der Waals surface area contributed by atoms with E-state index in [4.69, 9.17) is 9.26 Å². The van der Waals surface area contributed by atoms with Gasteiger partial charge in [0, 0.05) is 45.8 Å². The van der Waals surface area contributed by atoms with E-state index in [2.05, 4.69) is 20.3 Å². The van der Waals surface area contributed by atoms with E-state index in [-0.39, 0.29) is 11.7 Å². The number of aromatic nitrogens is 1. The van der Waals surface area contributed by atoms with Crippen LogP contribution >= 0.6 is 0 Å². The van der Waals surface area contributed by atoms with Crippen molar-refractivity contribution in [3.8, 4) is 0 Å². The summed E-state index contributed by atoms with van der Waals surface area (Å²) in [6, 6.07) is 4.92. The van der Waals surface area contributed by atoms with Gasteiger partial charge in [-0.05, 0) is 94.4 Å². The number of carbonyl (C=O) groups excluding carboxylic acids is 1. The van der Waals surface area contributed by atoms with E-state index in [0.29, 0.717) is 30.1 Å². The van der Waals surface area contributed by atoms with Crippen molar-refractivity contribution in [2.45, 2.75) is 76.4 Å². The number of piperazine rings is 1. The first-order valence-corrected chi connectivity index (χ1v) is 13.9. The highest BCUT2D eigenvalue weighted by molar-refractivity contribution is 5.88. The SMILES string of the molecule is CO[C@H]1CC[C@H](CC(=O)N[C@H]2CC[C@H](CCN3CCN(c4noc5ccc(F)cc45)CC3)CC2)CC1. The van der Waals surface area contributed by atoms with Crippen LogP contribution < -0.4 is 10.2 Å². The summed E-state index contributed by atoms with van der Waals surface area (Å²) in [7, 11) is 1.79. The van der Waals surface area contributed by atoms with Gasteiger partial charge in [0.05, 0.1) is 11.5 Å². The van der Waals surface area contributed by atoms with E-state index < -0.39 is 0 Å². The Morgan fingerprint density at radius 3 is 2.50 bits per heavy atom. The van der Waals surface area contributed by atoms with Crippen molar-refractivity contribution in [2.75, 3.05) is 44.7 Å². The van der Waals surface area contributed by atoms with Crippen LogP contribution in [0, 0.1) is 17.7 Å². The lowest BCUT2D eigenvalue weighted by Crippen LogP contribution is -2.47. The van der Waals surface area contributed by atoms with Gasteiger partial charge in [-0.1, -0.05) is 5.16 Å². The Morgan fingerprint density at radius 1 is 1.06 bits per heavy atom. The molecule has 3 fully saturated rings. The highest BCUT2D eigenvalue weighted by Crippen LogP contribution is 2.31. The van der Waals surface area contributed by atoms with E-state index in [1.54, 1.807) is 13.2 Å². The first kappa shape index (κ1) is 25.5. The smallest absolute Gasteiger partial charge is 0.220 e. The molecule has 198 valence electrons. The molecular weight excluding hydrogens is 459 g/mol. The van der Waals surface area contributed by atoms with Gasteiger partial charge in [-0.15, -0.1) is 0 Å². The first-order chi connectivity index (χ1) is 17.6. The van der Waals surface area contributed by atoms with Crippen LogP contribution in [0.4, 0.5) is 10.2 Å². The van der Waals surface area contributed by atoms with Crippen molar-refractivity contribution in [3.05, 3.63) is 24.0 Å². The number of amides is 1. The molecule has 2 heterocycles. The molecule has 1 aromatic carbocycles. The Balaban J connectivity index is 0.976. The monoisotopic (exact) mass is 500 g/mol. The van der Waals surface area contributed by atoms with Crippen molar-refractivity contribution < 1.29 is 18.4 Å². The van der Waals surface area contributed by atoms with Crippen LogP contribution in [0.25, 0.3) is 11.0 Å². The van der Waals surface area contributed by atoms with Gasteiger partial charge < -0.3 is 19.5 Å². The Labute approximate surface area is 213 Å². The quantitative estimate of drug-likeness (QED) is 0.564. The fourth-order valence-corrected chi connectivity index (χ4v) is 6.39. The lowest BCUT2D eigenvalue weighted by Gasteiger charge is -2.36. The molecule has 7 nitrogen and oxygen atoms in total. The molecule has 1 amide bonds. The summed E-state index contributed by atoms with van der Waals surface area (Å²) >= 11 is 0. The fraction of sp³-hybridized carbons (Fsp3) is 0.714. The number of halogens is 1. The molecule has 1 saturated heterocycles. The molecule has 2 aromatic rings. The lowest BCUT2D eigenvalue weighted by molar-refractivity contribution is -0.123. The van der Waals surface area contributed by atoms with Gasteiger partial charge in [0.2, 0.25) is 5.91 Å². The van der Waals surface area contributed by atoms with Crippen molar-refractivity contribution in [2.24, 2.45) is 11.8 Å². The number of nitrogens with one attached hydrogen (secondary N) is 1. The highest BCUT2D eigenvalue weighted by atomic mass is 19.1. The minimum atomic E-state index is -0.260. The topological polar surface area (TPSA) is 70.8 Å². The summed E-state index contributed by atoms with van der Waals surface area (Å²) in [6.45, 7) is 4.85. The maximum absolute atomic E-state index is 13.7. The zero-order chi connectivity index (χ0) is 24.9. The molecule has 36 heavy (non-hydrogen) atoms. The second kappa shape index (κ2) is 11.9. The van der Waals surface area contributed by atoms with Crippen LogP contribution in [0.15, 0.2) is 22.7 Å². The Morgan fingerprint density at radius 2 is 1.78 bits per heavy atom. The number of rotatable bonds is 8. The number of hydrogen-bond donors (Lipinski definition) is 1. The summed E-state index contributed by atoms with van der Waals surface area (Å²) in [5.74, 6) is 2.03. The van der Waals surface area contributed by atoms with Gasteiger partial charge >= 0.3 is 0 Å². The van der Waals surface area contributed by atoms with Gasteiger partial charge in [0.25, 0.3) is 0 Å². The average Bonchev–Trinajstić information content (AvgIpc) is 3.32. The fourth-order valence-electron chi connectivity index (χ4n) is 6.39. The molecule has 0 spiro atoms. The van der Waals surface area contributed by atoms with Crippen LogP contribution in [0.5, 0.6) is 0 Å². The van der Waals surface area contributed by atoms with Crippen LogP contribution in [0.2, 0.25) is 0 Å². The Kier molecular flexibility index (Phi) is 8.42. The number of nitrogens with zero attached hydrogens (tertiary/aromatic N) is 3. The summed E-state index contributed by atoms with van der Waals surface area (Å²) in [6.07, 6.45) is 11.3. The third kappa shape index (κ3) is 6.38. The third-order valence-corrected chi connectivity index (χ3v) is 8.75. The van der Waals surface area contributed by atoms with E-state index in [1.165, 1.54) is 31.4 Å². The highest BCUT2D eigenvalue weighted by Gasteiger charge is 2.27. The van der Waals surface area contributed by atoms with Crippen molar-refractivity contribution in [3.63, 3.8) is 0 Å². The predicted molar refractivity (Wildman–Crippen MR) is 138 cm³/mol. The lowest BCUT2D eigenvalue weighted by atomic mass is 9.83. The molecule has 1 aliphatic heterocycles. The van der Waals surface area contributed by atoms with Gasteiger partial charge in [-0.3, -0.25) is 9.69 Å². The first-order valence-electron chi connectivity index (χ1n) is 13.9. The molecule has 2 aliphatic carbocycles. The second-order valence-electron chi connectivity index (χ2n) is 11.1. The van der Waals surface area contributed by atoms with E-state index in [9.17, 15) is 9.18 Å². The Hall–Kier alpha value is -2.19. The van der Waals surface area contributed by atoms with Crippen LogP contribution in [0.3, 0.4) is 0 Å².